The average Bonchev–Trinajstić information content (AvgIpc) is 2.26. The monoisotopic (exact) mass is 225 g/mol. The molecule has 1 aromatic carbocycles. The molecule has 0 saturated heterocycles. The Labute approximate surface area is 97.6 Å². The molecule has 0 amide bonds. The van der Waals surface area contributed by atoms with Crippen LogP contribution in [0.25, 0.3) is 0 Å². The molecule has 84 valence electrons. The summed E-state index contributed by atoms with van der Waals surface area (Å²) < 4.78 is 5.14. The summed E-state index contributed by atoms with van der Waals surface area (Å²) >= 11 is 4.29. The van der Waals surface area contributed by atoms with Crippen molar-refractivity contribution in [2.24, 2.45) is 0 Å². The van der Waals surface area contributed by atoms with Crippen molar-refractivity contribution in [3.63, 3.8) is 0 Å². The Morgan fingerprint density at radius 2 is 1.87 bits per heavy atom. The van der Waals surface area contributed by atoms with Crippen LogP contribution < -0.4 is 4.74 Å². The predicted molar refractivity (Wildman–Crippen MR) is 67.9 cm³/mol. The second kappa shape index (κ2) is 6.03. The molecular formula is C12H19NOS. The summed E-state index contributed by atoms with van der Waals surface area (Å²) in [5.41, 5.74) is 1.31. The highest BCUT2D eigenvalue weighted by Gasteiger charge is 2.12. The number of rotatable bonds is 5. The fourth-order valence-corrected chi connectivity index (χ4v) is 1.92. The van der Waals surface area contributed by atoms with Crippen molar-refractivity contribution < 1.29 is 4.74 Å². The highest BCUT2D eigenvalue weighted by molar-refractivity contribution is 7.80. The minimum absolute atomic E-state index is 0.438. The van der Waals surface area contributed by atoms with Gasteiger partial charge in [0.25, 0.3) is 0 Å². The van der Waals surface area contributed by atoms with Gasteiger partial charge >= 0.3 is 0 Å². The molecule has 0 N–H and O–H groups in total. The molecule has 15 heavy (non-hydrogen) atoms. The Kier molecular flexibility index (Phi) is 4.99. The lowest BCUT2D eigenvalue weighted by atomic mass is 10.0. The van der Waals surface area contributed by atoms with Crippen LogP contribution in [-0.4, -0.2) is 31.9 Å². The first-order valence-corrected chi connectivity index (χ1v) is 5.73. The lowest BCUT2D eigenvalue weighted by Gasteiger charge is -2.24. The Bertz CT molecular complexity index is 284. The molecule has 2 nitrogen and oxygen atoms in total. The van der Waals surface area contributed by atoms with E-state index in [1.54, 1.807) is 7.11 Å². The average molecular weight is 225 g/mol. The summed E-state index contributed by atoms with van der Waals surface area (Å²) in [6.45, 7) is 0. The van der Waals surface area contributed by atoms with Crippen molar-refractivity contribution in [1.82, 2.24) is 4.90 Å². The van der Waals surface area contributed by atoms with E-state index in [9.17, 15) is 0 Å². The van der Waals surface area contributed by atoms with Gasteiger partial charge in [-0.1, -0.05) is 12.1 Å². The fourth-order valence-electron chi connectivity index (χ4n) is 1.67. The highest BCUT2D eigenvalue weighted by atomic mass is 32.1. The SMILES string of the molecule is COc1ccc(C(CCS)N(C)C)cc1. The first-order valence-electron chi connectivity index (χ1n) is 5.10. The first-order chi connectivity index (χ1) is 7.19. The third kappa shape index (κ3) is 3.43. The molecule has 0 aliphatic rings. The van der Waals surface area contributed by atoms with E-state index >= 15 is 0 Å². The van der Waals surface area contributed by atoms with E-state index in [2.05, 4.69) is 43.8 Å². The summed E-state index contributed by atoms with van der Waals surface area (Å²) in [6, 6.07) is 8.68. The van der Waals surface area contributed by atoms with Crippen LogP contribution in [0.2, 0.25) is 0 Å². The molecule has 0 aromatic heterocycles. The molecule has 1 rings (SSSR count). The number of thiol groups is 1. The molecule has 3 heteroatoms. The summed E-state index contributed by atoms with van der Waals surface area (Å²) in [7, 11) is 5.88. The van der Waals surface area contributed by atoms with Crippen molar-refractivity contribution in [2.45, 2.75) is 12.5 Å². The molecule has 0 heterocycles. The molecule has 0 fully saturated rings. The van der Waals surface area contributed by atoms with Gasteiger partial charge in [-0.2, -0.15) is 12.6 Å². The van der Waals surface area contributed by atoms with Crippen molar-refractivity contribution in [3.8, 4) is 5.75 Å². The summed E-state index contributed by atoms with van der Waals surface area (Å²) in [5, 5.41) is 0. The molecule has 0 bridgehead atoms. The van der Waals surface area contributed by atoms with E-state index in [1.807, 2.05) is 12.1 Å². The largest absolute Gasteiger partial charge is 0.497 e. The third-order valence-corrected chi connectivity index (χ3v) is 2.78. The van der Waals surface area contributed by atoms with E-state index in [0.29, 0.717) is 6.04 Å². The van der Waals surface area contributed by atoms with Crippen LogP contribution in [0.1, 0.15) is 18.0 Å². The van der Waals surface area contributed by atoms with Crippen LogP contribution in [0, 0.1) is 0 Å². The van der Waals surface area contributed by atoms with E-state index < -0.39 is 0 Å². The first kappa shape index (κ1) is 12.4. The molecule has 1 unspecified atom stereocenters. The highest BCUT2D eigenvalue weighted by Crippen LogP contribution is 2.24. The van der Waals surface area contributed by atoms with Crippen LogP contribution in [-0.2, 0) is 0 Å². The van der Waals surface area contributed by atoms with Gasteiger partial charge in [0.2, 0.25) is 0 Å². The van der Waals surface area contributed by atoms with Gasteiger partial charge < -0.3 is 9.64 Å². The van der Waals surface area contributed by atoms with Gasteiger partial charge in [-0.25, -0.2) is 0 Å². The summed E-state index contributed by atoms with van der Waals surface area (Å²) in [6.07, 6.45) is 1.06. The van der Waals surface area contributed by atoms with E-state index in [1.165, 1.54) is 5.56 Å². The van der Waals surface area contributed by atoms with E-state index in [-0.39, 0.29) is 0 Å². The van der Waals surface area contributed by atoms with Crippen molar-refractivity contribution in [1.29, 1.82) is 0 Å². The molecule has 0 spiro atoms. The molecule has 0 aliphatic heterocycles. The van der Waals surface area contributed by atoms with Crippen LogP contribution in [0.15, 0.2) is 24.3 Å². The van der Waals surface area contributed by atoms with Gasteiger partial charge in [-0.3, -0.25) is 0 Å². The normalized spacial score (nSPS) is 12.9. The molecule has 1 aromatic rings. The Morgan fingerprint density at radius 1 is 1.27 bits per heavy atom. The predicted octanol–water partition coefficient (Wildman–Crippen LogP) is 2.62. The topological polar surface area (TPSA) is 12.5 Å². The molecule has 0 aliphatic carbocycles. The van der Waals surface area contributed by atoms with Gasteiger partial charge in [0.1, 0.15) is 5.75 Å². The van der Waals surface area contributed by atoms with Gasteiger partial charge in [0.05, 0.1) is 7.11 Å². The van der Waals surface area contributed by atoms with Gasteiger partial charge in [-0.15, -0.1) is 0 Å². The maximum atomic E-state index is 5.14. The zero-order valence-electron chi connectivity index (χ0n) is 9.60. The smallest absolute Gasteiger partial charge is 0.118 e. The Balaban J connectivity index is 2.81. The maximum Gasteiger partial charge on any atom is 0.118 e. The zero-order chi connectivity index (χ0) is 11.3. The second-order valence-electron chi connectivity index (χ2n) is 3.76. The number of hydrogen-bond acceptors (Lipinski definition) is 3. The van der Waals surface area contributed by atoms with Gasteiger partial charge in [0.15, 0.2) is 0 Å². The second-order valence-corrected chi connectivity index (χ2v) is 4.21. The van der Waals surface area contributed by atoms with Crippen LogP contribution >= 0.6 is 12.6 Å². The Hall–Kier alpha value is -0.670. The number of benzene rings is 1. The van der Waals surface area contributed by atoms with Crippen LogP contribution in [0.3, 0.4) is 0 Å². The third-order valence-electron chi connectivity index (χ3n) is 2.53. The summed E-state index contributed by atoms with van der Waals surface area (Å²) in [4.78, 5) is 2.22. The lowest BCUT2D eigenvalue weighted by Crippen LogP contribution is -2.20. The standard InChI is InChI=1S/C12H19NOS/c1-13(2)12(8-9-15)10-4-6-11(14-3)7-5-10/h4-7,12,15H,8-9H2,1-3H3. The number of methoxy groups -OCH3 is 1. The number of ether oxygens (including phenoxy) is 1. The molecular weight excluding hydrogens is 206 g/mol. The van der Waals surface area contributed by atoms with Crippen molar-refractivity contribution >= 4 is 12.6 Å². The zero-order valence-corrected chi connectivity index (χ0v) is 10.5. The number of hydrogen-bond donors (Lipinski definition) is 1. The van der Waals surface area contributed by atoms with E-state index in [4.69, 9.17) is 4.74 Å². The minimum atomic E-state index is 0.438. The van der Waals surface area contributed by atoms with Gasteiger partial charge in [-0.05, 0) is 44.0 Å². The van der Waals surface area contributed by atoms with Crippen molar-refractivity contribution in [2.75, 3.05) is 27.0 Å². The Morgan fingerprint density at radius 3 is 2.27 bits per heavy atom. The molecule has 1 atom stereocenters. The molecule has 0 saturated carbocycles. The summed E-state index contributed by atoms with van der Waals surface area (Å²) in [5.74, 6) is 1.80. The lowest BCUT2D eigenvalue weighted by molar-refractivity contribution is 0.293. The fraction of sp³-hybridized carbons (Fsp3) is 0.500. The molecule has 0 radical (unpaired) electrons. The van der Waals surface area contributed by atoms with Gasteiger partial charge in [0, 0.05) is 6.04 Å². The van der Waals surface area contributed by atoms with Crippen LogP contribution in [0.4, 0.5) is 0 Å². The van der Waals surface area contributed by atoms with Crippen molar-refractivity contribution in [3.05, 3.63) is 29.8 Å². The number of nitrogens with zero attached hydrogens (tertiary/aromatic N) is 1. The maximum absolute atomic E-state index is 5.14. The van der Waals surface area contributed by atoms with E-state index in [0.717, 1.165) is 17.9 Å². The quantitative estimate of drug-likeness (QED) is 0.773. The van der Waals surface area contributed by atoms with Crippen LogP contribution in [0.5, 0.6) is 5.75 Å². The minimum Gasteiger partial charge on any atom is -0.497 e.